The van der Waals surface area contributed by atoms with Crippen LogP contribution in [0.2, 0.25) is 0 Å². The number of anilines is 1. The number of hydrogen-bond donors (Lipinski definition) is 5. The lowest BCUT2D eigenvalue weighted by atomic mass is 9.98. The second kappa shape index (κ2) is 9.51. The Kier molecular flexibility index (Phi) is 7.28. The highest BCUT2D eigenvalue weighted by atomic mass is 32.3. The first-order valence-corrected chi connectivity index (χ1v) is 10.00. The molecule has 17 nitrogen and oxygen atoms in total. The smallest absolute Gasteiger partial charge is 0.418 e. The summed E-state index contributed by atoms with van der Waals surface area (Å²) < 4.78 is 39.0. The third kappa shape index (κ3) is 6.47. The molecule has 1 aromatic rings. The van der Waals surface area contributed by atoms with E-state index in [0.717, 1.165) is 11.3 Å². The summed E-state index contributed by atoms with van der Waals surface area (Å²) in [4.78, 5) is 54.5. The number of rotatable bonds is 10. The molecule has 0 aliphatic carbocycles. The first-order valence-electron chi connectivity index (χ1n) is 7.75. The highest BCUT2D eigenvalue weighted by Gasteiger charge is 2.52. The van der Waals surface area contributed by atoms with Crippen LogP contribution in [0, 0.1) is 0 Å². The standard InChI is InChI=1S/C12H14N6O11S2/c13-11-15-4(3-30-11)7(17-28-2-6(19)20)9(21)16-8-5(1-27-12(14)23)18(10(8)22)29-31(24,25)26/h3,5,8H,1-2H2,(H2,13,15)(H2,14,23)(H,16,21)(H,19,20)(H,24,25,26)/b17-7-/t5-,8+/m1/s1. The zero-order valence-electron chi connectivity index (χ0n) is 15.0. The van der Waals surface area contributed by atoms with Gasteiger partial charge < -0.3 is 31.5 Å². The summed E-state index contributed by atoms with van der Waals surface area (Å²) in [5.41, 5.74) is 9.62. The number of carbonyl (C=O) groups excluding carboxylic acids is 3. The van der Waals surface area contributed by atoms with Crippen LogP contribution < -0.4 is 16.8 Å². The summed E-state index contributed by atoms with van der Waals surface area (Å²) >= 11 is 0.921. The van der Waals surface area contributed by atoms with Crippen LogP contribution in [-0.4, -0.2) is 83.0 Å². The SMILES string of the molecule is NC(=O)OC[C@@H]1[C@H](NC(=O)/C(=N\OCC(=O)O)c2csc(N)n2)C(=O)N1OS(=O)(=O)O. The molecule has 0 bridgehead atoms. The fourth-order valence-electron chi connectivity index (χ4n) is 2.16. The number of aliphatic carboxylic acids is 1. The van der Waals surface area contributed by atoms with Gasteiger partial charge in [0.25, 0.3) is 11.8 Å². The molecule has 0 saturated carbocycles. The molecule has 1 saturated heterocycles. The molecular formula is C12H14N6O11S2. The van der Waals surface area contributed by atoms with Crippen LogP contribution in [0.5, 0.6) is 0 Å². The number of ether oxygens (including phenoxy) is 1. The van der Waals surface area contributed by atoms with Gasteiger partial charge in [0.15, 0.2) is 10.8 Å². The number of nitrogen functional groups attached to an aromatic ring is 1. The number of thiazole rings is 1. The summed E-state index contributed by atoms with van der Waals surface area (Å²) in [5.74, 6) is -3.64. The topological polar surface area (TPSA) is 263 Å². The fourth-order valence-corrected chi connectivity index (χ4v) is 3.10. The number of carboxylic acids is 1. The van der Waals surface area contributed by atoms with E-state index in [2.05, 4.69) is 29.3 Å². The van der Waals surface area contributed by atoms with E-state index in [0.29, 0.717) is 0 Å². The first kappa shape index (κ1) is 23.7. The van der Waals surface area contributed by atoms with Crippen molar-refractivity contribution in [3.8, 4) is 0 Å². The molecule has 1 aromatic heterocycles. The van der Waals surface area contributed by atoms with Gasteiger partial charge in [-0.1, -0.05) is 5.16 Å². The summed E-state index contributed by atoms with van der Waals surface area (Å²) in [5, 5.41) is 15.6. The highest BCUT2D eigenvalue weighted by Crippen LogP contribution is 2.23. The van der Waals surface area contributed by atoms with Gasteiger partial charge in [0, 0.05) is 5.38 Å². The molecule has 0 aromatic carbocycles. The summed E-state index contributed by atoms with van der Waals surface area (Å²) in [7, 11) is -5.12. The number of nitrogens with two attached hydrogens (primary N) is 2. The van der Waals surface area contributed by atoms with Gasteiger partial charge in [-0.3, -0.25) is 14.1 Å². The molecular weight excluding hydrogens is 468 g/mol. The second-order valence-electron chi connectivity index (χ2n) is 5.49. The van der Waals surface area contributed by atoms with Gasteiger partial charge >= 0.3 is 22.5 Å². The minimum Gasteiger partial charge on any atom is -0.479 e. The van der Waals surface area contributed by atoms with E-state index in [1.807, 2.05) is 0 Å². The number of nitrogens with zero attached hydrogens (tertiary/aromatic N) is 3. The number of hydroxylamine groups is 2. The van der Waals surface area contributed by atoms with Crippen molar-refractivity contribution in [3.63, 3.8) is 0 Å². The molecule has 19 heteroatoms. The Balaban J connectivity index is 2.22. The van der Waals surface area contributed by atoms with E-state index < -0.39 is 65.3 Å². The molecule has 0 radical (unpaired) electrons. The largest absolute Gasteiger partial charge is 0.479 e. The van der Waals surface area contributed by atoms with Crippen molar-refractivity contribution in [1.29, 1.82) is 0 Å². The number of β-lactam (4-membered cyclic amide) rings is 1. The van der Waals surface area contributed by atoms with E-state index in [-0.39, 0.29) is 15.9 Å². The van der Waals surface area contributed by atoms with Crippen molar-refractivity contribution in [2.45, 2.75) is 12.1 Å². The van der Waals surface area contributed by atoms with Crippen molar-refractivity contribution < 1.29 is 51.1 Å². The number of primary amides is 1. The normalized spacial score (nSPS) is 18.8. The Morgan fingerprint density at radius 3 is 2.58 bits per heavy atom. The third-order valence-corrected chi connectivity index (χ3v) is 4.37. The predicted molar refractivity (Wildman–Crippen MR) is 97.4 cm³/mol. The summed E-state index contributed by atoms with van der Waals surface area (Å²) in [6, 6.07) is -2.93. The van der Waals surface area contributed by atoms with E-state index in [9.17, 15) is 27.6 Å². The van der Waals surface area contributed by atoms with Crippen LogP contribution in [-0.2, 0) is 38.6 Å². The highest BCUT2D eigenvalue weighted by molar-refractivity contribution is 7.80. The van der Waals surface area contributed by atoms with Gasteiger partial charge in [-0.2, -0.15) is 13.5 Å². The Morgan fingerprint density at radius 2 is 2.06 bits per heavy atom. The lowest BCUT2D eigenvalue weighted by molar-refractivity contribution is -0.202. The molecule has 1 aliphatic rings. The van der Waals surface area contributed by atoms with E-state index in [1.165, 1.54) is 5.38 Å². The lowest BCUT2D eigenvalue weighted by Crippen LogP contribution is -2.72. The molecule has 3 amide bonds. The number of aromatic nitrogens is 1. The second-order valence-corrected chi connectivity index (χ2v) is 7.39. The van der Waals surface area contributed by atoms with Crippen molar-refractivity contribution in [2.75, 3.05) is 18.9 Å². The number of carboxylic acid groups (broad SMARTS) is 1. The van der Waals surface area contributed by atoms with E-state index >= 15 is 0 Å². The molecule has 1 aliphatic heterocycles. The molecule has 170 valence electrons. The Morgan fingerprint density at radius 1 is 1.39 bits per heavy atom. The number of amides is 3. The fraction of sp³-hybridized carbons (Fsp3) is 0.333. The van der Waals surface area contributed by atoms with Gasteiger partial charge in [0.1, 0.15) is 24.4 Å². The van der Waals surface area contributed by atoms with Gasteiger partial charge in [-0.15, -0.1) is 15.6 Å². The third-order valence-electron chi connectivity index (χ3n) is 3.35. The lowest BCUT2D eigenvalue weighted by Gasteiger charge is -2.43. The van der Waals surface area contributed by atoms with Gasteiger partial charge in [0.05, 0.1) is 0 Å². The molecule has 0 unspecified atom stereocenters. The van der Waals surface area contributed by atoms with Crippen LogP contribution in [0.15, 0.2) is 10.5 Å². The predicted octanol–water partition coefficient (Wildman–Crippen LogP) is -2.94. The molecule has 2 rings (SSSR count). The van der Waals surface area contributed by atoms with Crippen LogP contribution in [0.4, 0.5) is 9.93 Å². The summed E-state index contributed by atoms with van der Waals surface area (Å²) in [6.07, 6.45) is -1.28. The number of hydrogen-bond acceptors (Lipinski definition) is 13. The minimum atomic E-state index is -5.12. The maximum absolute atomic E-state index is 12.6. The van der Waals surface area contributed by atoms with Crippen molar-refractivity contribution in [3.05, 3.63) is 11.1 Å². The van der Waals surface area contributed by atoms with E-state index in [4.69, 9.17) is 21.1 Å². The van der Waals surface area contributed by atoms with Crippen LogP contribution in [0.1, 0.15) is 5.69 Å². The van der Waals surface area contributed by atoms with Crippen LogP contribution >= 0.6 is 11.3 Å². The maximum Gasteiger partial charge on any atom is 0.418 e. The van der Waals surface area contributed by atoms with Crippen molar-refractivity contribution in [1.82, 2.24) is 15.4 Å². The zero-order valence-corrected chi connectivity index (χ0v) is 16.7. The summed E-state index contributed by atoms with van der Waals surface area (Å²) in [6.45, 7) is -1.61. The monoisotopic (exact) mass is 482 g/mol. The Labute approximate surface area is 176 Å². The maximum atomic E-state index is 12.6. The average Bonchev–Trinajstić information content (AvgIpc) is 3.07. The van der Waals surface area contributed by atoms with Crippen molar-refractivity contribution in [2.24, 2.45) is 10.9 Å². The van der Waals surface area contributed by atoms with Gasteiger partial charge in [-0.05, 0) is 0 Å². The van der Waals surface area contributed by atoms with Gasteiger partial charge in [-0.25, -0.2) is 14.6 Å². The van der Waals surface area contributed by atoms with Crippen LogP contribution in [0.3, 0.4) is 0 Å². The first-order chi connectivity index (χ1) is 14.4. The number of nitrogens with one attached hydrogen (secondary N) is 1. The van der Waals surface area contributed by atoms with Crippen molar-refractivity contribution >= 4 is 56.5 Å². The molecule has 2 atom stereocenters. The number of carbonyl (C=O) groups is 4. The van der Waals surface area contributed by atoms with Gasteiger partial charge in [0.2, 0.25) is 6.61 Å². The Hall–Kier alpha value is -3.55. The molecule has 1 fully saturated rings. The molecule has 31 heavy (non-hydrogen) atoms. The molecule has 7 N–H and O–H groups in total. The minimum absolute atomic E-state index is 0.0360. The average molecular weight is 482 g/mol. The van der Waals surface area contributed by atoms with E-state index in [1.54, 1.807) is 0 Å². The molecule has 0 spiro atoms. The number of oxime groups is 1. The Bertz CT molecular complexity index is 1020. The molecule has 2 heterocycles. The van der Waals surface area contributed by atoms with Crippen LogP contribution in [0.25, 0.3) is 0 Å². The quantitative estimate of drug-likeness (QED) is 0.0967. The zero-order chi connectivity index (χ0) is 23.3.